The Morgan fingerprint density at radius 1 is 1.00 bits per heavy atom. The van der Waals surface area contributed by atoms with Crippen molar-refractivity contribution in [1.82, 2.24) is 0 Å². The summed E-state index contributed by atoms with van der Waals surface area (Å²) in [6.07, 6.45) is 0. The third-order valence-corrected chi connectivity index (χ3v) is 12.1. The molecule has 1 N–H and O–H groups in total. The minimum absolute atomic E-state index is 0.218. The Morgan fingerprint density at radius 2 is 1.45 bits per heavy atom. The maximum Gasteiger partial charge on any atom is 0.331 e. The molecule has 0 aromatic heterocycles. The van der Waals surface area contributed by atoms with Gasteiger partial charge in [0.1, 0.15) is 20.4 Å². The maximum absolute atomic E-state index is 12.4. The quantitative estimate of drug-likeness (QED) is 0.601. The molecular formula is C18H30O3Si. The minimum Gasteiger partial charge on any atom is -0.459 e. The molecule has 124 valence electrons. The van der Waals surface area contributed by atoms with Crippen molar-refractivity contribution >= 4 is 14.0 Å². The summed E-state index contributed by atoms with van der Waals surface area (Å²) in [5.74, 6) is -0.466. The zero-order chi connectivity index (χ0) is 16.9. The van der Waals surface area contributed by atoms with Crippen LogP contribution in [0.5, 0.6) is 0 Å². The zero-order valence-electron chi connectivity index (χ0n) is 14.7. The van der Waals surface area contributed by atoms with E-state index >= 15 is 0 Å². The third-order valence-electron chi connectivity index (χ3n) is 4.92. The van der Waals surface area contributed by atoms with Crippen LogP contribution in [0.25, 0.3) is 0 Å². The summed E-state index contributed by atoms with van der Waals surface area (Å²) < 4.78 is 5.39. The van der Waals surface area contributed by atoms with E-state index in [2.05, 4.69) is 41.5 Å². The van der Waals surface area contributed by atoms with Crippen molar-refractivity contribution in [2.75, 3.05) is 0 Å². The van der Waals surface area contributed by atoms with Gasteiger partial charge < -0.3 is 9.84 Å². The van der Waals surface area contributed by atoms with E-state index in [4.69, 9.17) is 4.74 Å². The fourth-order valence-corrected chi connectivity index (χ4v) is 10.3. The smallest absolute Gasteiger partial charge is 0.331 e. The van der Waals surface area contributed by atoms with Crippen LogP contribution in [0.2, 0.25) is 16.6 Å². The highest BCUT2D eigenvalue weighted by molar-refractivity contribution is 6.86. The van der Waals surface area contributed by atoms with E-state index < -0.39 is 19.8 Å². The van der Waals surface area contributed by atoms with Crippen molar-refractivity contribution in [2.45, 2.75) is 70.5 Å². The van der Waals surface area contributed by atoms with Gasteiger partial charge in [-0.25, -0.2) is 4.79 Å². The molecule has 1 unspecified atom stereocenters. The Balaban J connectivity index is 2.89. The molecule has 1 rings (SSSR count). The SMILES string of the molecule is CC(C)[Si](C(C)C)(C(C)C)C(O)C(=O)OCc1ccccc1. The molecule has 1 atom stereocenters. The van der Waals surface area contributed by atoms with E-state index in [9.17, 15) is 9.90 Å². The highest BCUT2D eigenvalue weighted by Gasteiger charge is 2.52. The van der Waals surface area contributed by atoms with Gasteiger partial charge in [0, 0.05) is 0 Å². The van der Waals surface area contributed by atoms with Gasteiger partial charge in [0.15, 0.2) is 0 Å². The standard InChI is InChI=1S/C18H30O3Si/c1-13(2)22(14(3)4,15(5)6)18(20)17(19)21-12-16-10-8-7-9-11-16/h7-11,13-15,18,20H,12H2,1-6H3. The van der Waals surface area contributed by atoms with Crippen molar-refractivity contribution in [1.29, 1.82) is 0 Å². The number of hydrogen-bond acceptors (Lipinski definition) is 3. The topological polar surface area (TPSA) is 46.5 Å². The van der Waals surface area contributed by atoms with E-state index in [1.54, 1.807) is 0 Å². The average molecular weight is 323 g/mol. The number of ether oxygens (including phenoxy) is 1. The van der Waals surface area contributed by atoms with Gasteiger partial charge in [0.25, 0.3) is 0 Å². The molecule has 1 aromatic rings. The van der Waals surface area contributed by atoms with E-state index in [1.165, 1.54) is 0 Å². The van der Waals surface area contributed by atoms with E-state index in [-0.39, 0.29) is 6.61 Å². The van der Waals surface area contributed by atoms with Gasteiger partial charge in [0.05, 0.1) is 0 Å². The van der Waals surface area contributed by atoms with Crippen molar-refractivity contribution in [3.8, 4) is 0 Å². The average Bonchev–Trinajstić information content (AvgIpc) is 2.45. The Hall–Kier alpha value is -1.13. The van der Waals surface area contributed by atoms with E-state index in [0.717, 1.165) is 5.56 Å². The first-order valence-electron chi connectivity index (χ1n) is 8.13. The summed E-state index contributed by atoms with van der Waals surface area (Å²) in [4.78, 5) is 12.4. The van der Waals surface area contributed by atoms with Crippen molar-refractivity contribution in [3.05, 3.63) is 35.9 Å². The summed E-state index contributed by atoms with van der Waals surface area (Å²) in [6.45, 7) is 13.0. The van der Waals surface area contributed by atoms with E-state index in [0.29, 0.717) is 16.6 Å². The molecule has 0 saturated carbocycles. The van der Waals surface area contributed by atoms with Gasteiger partial charge in [-0.05, 0) is 22.2 Å². The molecule has 0 aliphatic carbocycles. The highest BCUT2D eigenvalue weighted by Crippen LogP contribution is 2.44. The molecule has 0 amide bonds. The lowest BCUT2D eigenvalue weighted by Gasteiger charge is -2.45. The number of aliphatic hydroxyl groups is 1. The molecule has 4 heteroatoms. The number of aliphatic hydroxyl groups excluding tert-OH is 1. The van der Waals surface area contributed by atoms with Gasteiger partial charge in [-0.15, -0.1) is 0 Å². The molecule has 0 bridgehead atoms. The number of rotatable bonds is 7. The molecule has 3 nitrogen and oxygen atoms in total. The van der Waals surface area contributed by atoms with Crippen molar-refractivity contribution < 1.29 is 14.6 Å². The predicted molar refractivity (Wildman–Crippen MR) is 93.3 cm³/mol. The summed E-state index contributed by atoms with van der Waals surface area (Å²) in [5.41, 5.74) is 0.899. The molecule has 22 heavy (non-hydrogen) atoms. The molecule has 1 aromatic carbocycles. The second-order valence-corrected chi connectivity index (χ2v) is 13.0. The van der Waals surface area contributed by atoms with Crippen LogP contribution in [0.15, 0.2) is 30.3 Å². The van der Waals surface area contributed by atoms with Crippen LogP contribution >= 0.6 is 0 Å². The zero-order valence-corrected chi connectivity index (χ0v) is 15.7. The Bertz CT molecular complexity index is 447. The van der Waals surface area contributed by atoms with Gasteiger partial charge in [-0.2, -0.15) is 0 Å². The normalized spacial score (nSPS) is 13.7. The second-order valence-electron chi connectivity index (χ2n) is 6.96. The van der Waals surface area contributed by atoms with E-state index in [1.807, 2.05) is 30.3 Å². The molecule has 0 radical (unpaired) electrons. The number of hydrogen-bond donors (Lipinski definition) is 1. The van der Waals surface area contributed by atoms with Crippen LogP contribution in [0, 0.1) is 0 Å². The summed E-state index contributed by atoms with van der Waals surface area (Å²) in [5, 5.41) is 10.8. The maximum atomic E-state index is 12.4. The van der Waals surface area contributed by atoms with Crippen molar-refractivity contribution in [2.24, 2.45) is 0 Å². The number of esters is 1. The lowest BCUT2D eigenvalue weighted by molar-refractivity contribution is -0.151. The number of benzene rings is 1. The molecule has 0 spiro atoms. The van der Waals surface area contributed by atoms with Crippen LogP contribution in [0.3, 0.4) is 0 Å². The van der Waals surface area contributed by atoms with Crippen LogP contribution in [-0.4, -0.2) is 24.9 Å². The highest BCUT2D eigenvalue weighted by atomic mass is 28.3. The molecular weight excluding hydrogens is 292 g/mol. The second kappa shape index (κ2) is 7.93. The molecule has 0 aliphatic rings. The lowest BCUT2D eigenvalue weighted by atomic mass is 10.2. The molecule has 0 fully saturated rings. The fraction of sp³-hybridized carbons (Fsp3) is 0.611. The van der Waals surface area contributed by atoms with Crippen LogP contribution in [0.1, 0.15) is 47.1 Å². The first-order valence-corrected chi connectivity index (χ1v) is 10.4. The van der Waals surface area contributed by atoms with Gasteiger partial charge >= 0.3 is 5.97 Å². The van der Waals surface area contributed by atoms with Crippen LogP contribution < -0.4 is 0 Å². The largest absolute Gasteiger partial charge is 0.459 e. The molecule has 0 heterocycles. The fourth-order valence-electron chi connectivity index (χ4n) is 3.96. The number of carbonyl (C=O) groups excluding carboxylic acids is 1. The Morgan fingerprint density at radius 3 is 1.86 bits per heavy atom. The first kappa shape index (κ1) is 18.9. The summed E-state index contributed by atoms with van der Waals surface area (Å²) >= 11 is 0. The van der Waals surface area contributed by atoms with Gasteiger partial charge in [0.2, 0.25) is 0 Å². The Kier molecular flexibility index (Phi) is 6.82. The van der Waals surface area contributed by atoms with Gasteiger partial charge in [-0.3, -0.25) is 0 Å². The first-order chi connectivity index (χ1) is 10.2. The van der Waals surface area contributed by atoms with Crippen LogP contribution in [-0.2, 0) is 16.1 Å². The third kappa shape index (κ3) is 3.79. The predicted octanol–water partition coefficient (Wildman–Crippen LogP) is 4.31. The van der Waals surface area contributed by atoms with Crippen molar-refractivity contribution in [3.63, 3.8) is 0 Å². The summed E-state index contributed by atoms with van der Waals surface area (Å²) in [7, 11) is -2.25. The molecule has 0 saturated heterocycles. The minimum atomic E-state index is -2.25. The molecule has 0 aliphatic heterocycles. The van der Waals surface area contributed by atoms with Gasteiger partial charge in [-0.1, -0.05) is 71.9 Å². The monoisotopic (exact) mass is 322 g/mol. The van der Waals surface area contributed by atoms with Crippen LogP contribution in [0.4, 0.5) is 0 Å². The number of carbonyl (C=O) groups is 1. The lowest BCUT2D eigenvalue weighted by Crippen LogP contribution is -2.58. The Labute approximate surface area is 135 Å². The summed E-state index contributed by atoms with van der Waals surface area (Å²) in [6, 6.07) is 9.58.